The number of amides is 3. The first-order valence-corrected chi connectivity index (χ1v) is 15.5. The topological polar surface area (TPSA) is 175 Å². The zero-order valence-electron chi connectivity index (χ0n) is 26.3. The van der Waals surface area contributed by atoms with Crippen LogP contribution in [0, 0.1) is 0 Å². The molecule has 7 N–H and O–H groups in total. The van der Waals surface area contributed by atoms with E-state index in [1.807, 2.05) is 54.6 Å². The molecule has 0 saturated heterocycles. The number of aromatic nitrogens is 3. The fraction of sp³-hybridized carbons (Fsp3) is 0.294. The van der Waals surface area contributed by atoms with Crippen molar-refractivity contribution < 1.29 is 23.8 Å². The van der Waals surface area contributed by atoms with Crippen LogP contribution in [0.5, 0.6) is 0 Å². The van der Waals surface area contributed by atoms with E-state index in [9.17, 15) is 18.8 Å². The van der Waals surface area contributed by atoms with Crippen molar-refractivity contribution in [3.8, 4) is 22.5 Å². The molecule has 0 saturated carbocycles. The Kier molecular flexibility index (Phi) is 10.6. The molecule has 1 aromatic heterocycles. The molecule has 0 atom stereocenters. The number of anilines is 1. The number of guanidine groups is 1. The first-order chi connectivity index (χ1) is 22.8. The van der Waals surface area contributed by atoms with Crippen molar-refractivity contribution >= 4 is 35.1 Å². The lowest BCUT2D eigenvalue weighted by molar-refractivity contribution is -0.356. The highest BCUT2D eigenvalue weighted by atomic mass is 18.2. The van der Waals surface area contributed by atoms with Crippen molar-refractivity contribution in [1.82, 2.24) is 25.6 Å². The molecule has 2 heterocycles. The van der Waals surface area contributed by atoms with Gasteiger partial charge in [-0.15, -0.1) is 5.10 Å². The van der Waals surface area contributed by atoms with E-state index in [1.165, 1.54) is 0 Å². The average Bonchev–Trinajstić information content (AvgIpc) is 3.46. The largest absolute Gasteiger partial charge is 0.356 e. The molecule has 0 bridgehead atoms. The van der Waals surface area contributed by atoms with Gasteiger partial charge in [-0.2, -0.15) is 0 Å². The zero-order chi connectivity index (χ0) is 33.3. The van der Waals surface area contributed by atoms with Gasteiger partial charge in [-0.05, 0) is 48.2 Å². The molecular weight excluding hydrogens is 600 g/mol. The molecule has 0 unspecified atom stereocenters. The maximum Gasteiger partial charge on any atom is 0.343 e. The van der Waals surface area contributed by atoms with E-state index in [0.29, 0.717) is 54.9 Å². The van der Waals surface area contributed by atoms with Crippen LogP contribution < -0.4 is 32.0 Å². The minimum absolute atomic E-state index is 0.00643. The maximum absolute atomic E-state index is 13.7. The standard InChI is InChI=1S/C34H38FN9O3/c1-38-33(47)24-17-22(18-25(19-24)40-34(36)37)20-44-32-26-10-5-4-9-23(26)21-43(28-12-7-6-11-27(28)31(32)41-42-44)30(46)14-16-39-29(45)13-3-2-8-15-35/h4-7,9-12,17-19H,2-3,8,13-16,20-21H2,1H3,(H,38,47)(H,39,45)(H4,36,37,40)/p+1/i35-1. The van der Waals surface area contributed by atoms with Crippen LogP contribution in [0.25, 0.3) is 22.5 Å². The average molecular weight is 640 g/mol. The van der Waals surface area contributed by atoms with Crippen LogP contribution in [0.4, 0.5) is 15.8 Å². The zero-order valence-corrected chi connectivity index (χ0v) is 26.3. The van der Waals surface area contributed by atoms with Crippen LogP contribution in [0.2, 0.25) is 0 Å². The van der Waals surface area contributed by atoms with Crippen LogP contribution in [-0.2, 0) is 22.7 Å². The Balaban J connectivity index is 1.48. The molecule has 0 radical (unpaired) electrons. The Morgan fingerprint density at radius 2 is 1.72 bits per heavy atom. The van der Waals surface area contributed by atoms with Gasteiger partial charge >= 0.3 is 5.96 Å². The van der Waals surface area contributed by atoms with Crippen molar-refractivity contribution in [2.45, 2.75) is 45.2 Å². The summed E-state index contributed by atoms with van der Waals surface area (Å²) in [5.41, 5.74) is 17.7. The molecular formula is C34H39FN9O3+. The lowest BCUT2D eigenvalue weighted by Gasteiger charge is -2.28. The summed E-state index contributed by atoms with van der Waals surface area (Å²) in [7, 11) is 1.56. The minimum Gasteiger partial charge on any atom is -0.356 e. The summed E-state index contributed by atoms with van der Waals surface area (Å²) in [4.78, 5) is 43.1. The Labute approximate surface area is 272 Å². The van der Waals surface area contributed by atoms with Gasteiger partial charge in [0.05, 0.1) is 31.1 Å². The number of benzene rings is 3. The van der Waals surface area contributed by atoms with E-state index in [0.717, 1.165) is 27.9 Å². The number of carbonyl (C=O) groups is 3. The van der Waals surface area contributed by atoms with Gasteiger partial charge in [-0.25, -0.2) is 9.67 Å². The highest BCUT2D eigenvalue weighted by Gasteiger charge is 2.29. The lowest BCUT2D eigenvalue weighted by Crippen LogP contribution is -2.72. The van der Waals surface area contributed by atoms with Gasteiger partial charge in [0.15, 0.2) is 0 Å². The maximum atomic E-state index is 13.7. The summed E-state index contributed by atoms with van der Waals surface area (Å²) in [5.74, 6) is -0.572. The van der Waals surface area contributed by atoms with Gasteiger partial charge < -0.3 is 15.5 Å². The van der Waals surface area contributed by atoms with Gasteiger partial charge in [0, 0.05) is 43.1 Å². The van der Waals surface area contributed by atoms with Crippen molar-refractivity contribution in [2.75, 3.05) is 25.2 Å². The molecule has 1 aliphatic heterocycles. The van der Waals surface area contributed by atoms with Gasteiger partial charge in [0.2, 0.25) is 11.8 Å². The summed E-state index contributed by atoms with van der Waals surface area (Å²) < 4.78 is 14.1. The summed E-state index contributed by atoms with van der Waals surface area (Å²) >= 11 is 0. The summed E-state index contributed by atoms with van der Waals surface area (Å²) in [6.45, 7) is 0.380. The smallest absolute Gasteiger partial charge is 0.343 e. The van der Waals surface area contributed by atoms with Crippen LogP contribution in [0.3, 0.4) is 0 Å². The molecule has 13 heteroatoms. The third-order valence-corrected chi connectivity index (χ3v) is 7.89. The molecule has 1 aliphatic rings. The molecule has 0 aliphatic carbocycles. The van der Waals surface area contributed by atoms with Gasteiger partial charge in [-0.1, -0.05) is 54.1 Å². The first-order valence-electron chi connectivity index (χ1n) is 15.5. The summed E-state index contributed by atoms with van der Waals surface area (Å²) in [6.07, 6.45) is 2.13. The van der Waals surface area contributed by atoms with E-state index in [1.54, 1.807) is 28.8 Å². The number of halogens is 1. The Morgan fingerprint density at radius 3 is 2.49 bits per heavy atom. The Hall–Kier alpha value is -5.59. The quantitative estimate of drug-likeness (QED) is 0.0894. The Morgan fingerprint density at radius 1 is 0.957 bits per heavy atom. The second-order valence-electron chi connectivity index (χ2n) is 11.3. The second kappa shape index (κ2) is 15.1. The fourth-order valence-electron chi connectivity index (χ4n) is 5.71. The SMILES string of the molecule is CNC(=O)c1cc(Cn2nnc3c2-c2ccccc2CN(C(=O)CCNC(=O)CCCCC[18F])c2ccccc2-3)cc([NH+]=C(N)N)c1. The minimum atomic E-state index is -0.385. The normalized spacial score (nSPS) is 11.7. The van der Waals surface area contributed by atoms with Crippen molar-refractivity contribution in [1.29, 1.82) is 0 Å². The highest BCUT2D eigenvalue weighted by Crippen LogP contribution is 2.41. The molecule has 5 rings (SSSR count). The van der Waals surface area contributed by atoms with Gasteiger partial charge in [0.25, 0.3) is 5.91 Å². The number of fused-ring (bicyclic) bond motifs is 5. The Bertz CT molecular complexity index is 1800. The molecule has 47 heavy (non-hydrogen) atoms. The monoisotopic (exact) mass is 639 g/mol. The van der Waals surface area contributed by atoms with Crippen molar-refractivity contribution in [2.24, 2.45) is 11.5 Å². The number of nitrogens with zero attached hydrogens (tertiary/aromatic N) is 4. The fourth-order valence-corrected chi connectivity index (χ4v) is 5.71. The number of carbonyl (C=O) groups excluding carboxylic acids is 3. The number of nitrogens with one attached hydrogen (secondary N) is 3. The summed E-state index contributed by atoms with van der Waals surface area (Å²) in [6, 6.07) is 20.6. The molecule has 0 fully saturated rings. The van der Waals surface area contributed by atoms with E-state index in [2.05, 4.69) is 25.9 Å². The van der Waals surface area contributed by atoms with E-state index >= 15 is 0 Å². The number of rotatable bonds is 12. The number of hydrogen-bond donors (Lipinski definition) is 5. The summed E-state index contributed by atoms with van der Waals surface area (Å²) in [5, 5.41) is 14.6. The van der Waals surface area contributed by atoms with Crippen LogP contribution in [0.15, 0.2) is 66.7 Å². The van der Waals surface area contributed by atoms with Gasteiger partial charge in [-0.3, -0.25) is 30.2 Å². The van der Waals surface area contributed by atoms with E-state index in [4.69, 9.17) is 11.5 Å². The third-order valence-electron chi connectivity index (χ3n) is 7.89. The molecule has 0 spiro atoms. The second-order valence-corrected chi connectivity index (χ2v) is 11.3. The van der Waals surface area contributed by atoms with Crippen molar-refractivity contribution in [3.63, 3.8) is 0 Å². The predicted molar refractivity (Wildman–Crippen MR) is 177 cm³/mol. The van der Waals surface area contributed by atoms with Crippen LogP contribution >= 0.6 is 0 Å². The number of para-hydroxylation sites is 1. The highest BCUT2D eigenvalue weighted by molar-refractivity contribution is 6.00. The molecule has 4 aromatic rings. The lowest BCUT2D eigenvalue weighted by atomic mass is 9.95. The van der Waals surface area contributed by atoms with Crippen molar-refractivity contribution in [3.05, 3.63) is 83.4 Å². The number of nitrogens with two attached hydrogens (primary N) is 2. The van der Waals surface area contributed by atoms with E-state index < -0.39 is 0 Å². The van der Waals surface area contributed by atoms with Crippen LogP contribution in [-0.4, -0.2) is 58.9 Å². The third kappa shape index (κ3) is 7.80. The molecule has 3 aromatic carbocycles. The molecule has 12 nitrogen and oxygen atoms in total. The van der Waals surface area contributed by atoms with E-state index in [-0.39, 0.29) is 49.9 Å². The molecule has 244 valence electrons. The van der Waals surface area contributed by atoms with Crippen LogP contribution in [0.1, 0.15) is 53.6 Å². The first kappa shape index (κ1) is 32.8. The number of hydrogen-bond acceptors (Lipinski definition) is 5. The number of alkyl halides is 1. The van der Waals surface area contributed by atoms with Gasteiger partial charge in [0.1, 0.15) is 11.4 Å². The predicted octanol–water partition coefficient (Wildman–Crippen LogP) is 1.89. The molecule has 3 amide bonds. The number of unbranched alkanes of at least 4 members (excludes halogenated alkanes) is 2.